The highest BCUT2D eigenvalue weighted by atomic mass is 79.9. The first-order chi connectivity index (χ1) is 11.2. The second-order valence-electron chi connectivity index (χ2n) is 6.76. The topological polar surface area (TPSA) is 47.3 Å². The third-order valence-corrected chi connectivity index (χ3v) is 5.49. The molecule has 0 aliphatic heterocycles. The molecule has 3 nitrogen and oxygen atoms in total. The second-order valence-corrected chi connectivity index (χ2v) is 7.67. The molecule has 0 amide bonds. The molecule has 1 aliphatic rings. The Bertz CT molecular complexity index is 432. The van der Waals surface area contributed by atoms with E-state index in [0.717, 1.165) is 36.3 Å². The minimum absolute atomic E-state index is 0.113. The van der Waals surface area contributed by atoms with Gasteiger partial charge in [-0.25, -0.2) is 0 Å². The lowest BCUT2D eigenvalue weighted by molar-refractivity contribution is 0.0699. The molecule has 1 saturated carbocycles. The smallest absolute Gasteiger partial charge is 0.0846 e. The van der Waals surface area contributed by atoms with Crippen molar-refractivity contribution >= 4 is 15.9 Å². The molecule has 1 aromatic carbocycles. The van der Waals surface area contributed by atoms with Crippen LogP contribution in [0.15, 0.2) is 28.7 Å². The lowest BCUT2D eigenvalue weighted by Crippen LogP contribution is -2.44. The van der Waals surface area contributed by atoms with Crippen LogP contribution in [0.1, 0.15) is 44.1 Å². The van der Waals surface area contributed by atoms with Gasteiger partial charge in [0.1, 0.15) is 0 Å². The summed E-state index contributed by atoms with van der Waals surface area (Å²) in [4.78, 5) is 0. The third kappa shape index (κ3) is 6.92. The van der Waals surface area contributed by atoms with Gasteiger partial charge >= 0.3 is 0 Å². The molecule has 0 radical (unpaired) electrons. The zero-order valence-electron chi connectivity index (χ0n) is 14.3. The first-order valence-electron chi connectivity index (χ1n) is 8.92. The number of halogens is 1. The molecule has 23 heavy (non-hydrogen) atoms. The van der Waals surface area contributed by atoms with Crippen LogP contribution in [0.5, 0.6) is 0 Å². The van der Waals surface area contributed by atoms with Crippen LogP contribution in [0.3, 0.4) is 0 Å². The standard InChI is InChI=1S/C19H31BrN2O/c1-23-19(18(21)13-16-5-3-2-4-6-16)14-22-12-11-15-7-9-17(20)10-8-15/h7-10,16,18-19,22H,2-6,11-14,21H2,1H3/t18-,19?/m1/s1. The Morgan fingerprint density at radius 2 is 1.91 bits per heavy atom. The number of nitrogens with one attached hydrogen (secondary N) is 1. The molecule has 4 heteroatoms. The molecule has 0 aromatic heterocycles. The number of benzene rings is 1. The predicted molar refractivity (Wildman–Crippen MR) is 101 cm³/mol. The SMILES string of the molecule is COC(CNCCc1ccc(Br)cc1)[C@H](N)CC1CCCCC1. The average molecular weight is 383 g/mol. The molecule has 1 aromatic rings. The van der Waals surface area contributed by atoms with Gasteiger partial charge in [0.2, 0.25) is 0 Å². The van der Waals surface area contributed by atoms with Crippen LogP contribution in [0, 0.1) is 5.92 Å². The summed E-state index contributed by atoms with van der Waals surface area (Å²) in [5.41, 5.74) is 7.75. The third-order valence-electron chi connectivity index (χ3n) is 4.96. The molecule has 2 atom stereocenters. The van der Waals surface area contributed by atoms with Gasteiger partial charge in [0, 0.05) is 24.2 Å². The van der Waals surface area contributed by atoms with Crippen molar-refractivity contribution in [3.8, 4) is 0 Å². The van der Waals surface area contributed by atoms with E-state index in [0.29, 0.717) is 0 Å². The van der Waals surface area contributed by atoms with E-state index in [1.165, 1.54) is 37.7 Å². The van der Waals surface area contributed by atoms with Crippen LogP contribution in [0.25, 0.3) is 0 Å². The van der Waals surface area contributed by atoms with E-state index >= 15 is 0 Å². The van der Waals surface area contributed by atoms with Crippen LogP contribution in [-0.4, -0.2) is 32.3 Å². The highest BCUT2D eigenvalue weighted by Gasteiger charge is 2.22. The fraction of sp³-hybridized carbons (Fsp3) is 0.684. The first kappa shape index (κ1) is 18.9. The molecule has 0 saturated heterocycles. The van der Waals surface area contributed by atoms with Crippen LogP contribution in [0.2, 0.25) is 0 Å². The maximum absolute atomic E-state index is 6.40. The minimum Gasteiger partial charge on any atom is -0.379 e. The number of methoxy groups -OCH3 is 1. The van der Waals surface area contributed by atoms with Gasteiger partial charge in [0.25, 0.3) is 0 Å². The number of hydrogen-bond acceptors (Lipinski definition) is 3. The van der Waals surface area contributed by atoms with Crippen molar-refractivity contribution in [2.45, 2.75) is 57.1 Å². The molecule has 0 bridgehead atoms. The predicted octanol–water partition coefficient (Wildman–Crippen LogP) is 3.89. The summed E-state index contributed by atoms with van der Waals surface area (Å²) in [5.74, 6) is 0.805. The average Bonchev–Trinajstić information content (AvgIpc) is 2.57. The Morgan fingerprint density at radius 1 is 1.22 bits per heavy atom. The number of hydrogen-bond donors (Lipinski definition) is 2. The number of ether oxygens (including phenoxy) is 1. The zero-order chi connectivity index (χ0) is 16.5. The maximum Gasteiger partial charge on any atom is 0.0846 e. The van der Waals surface area contributed by atoms with Gasteiger partial charge in [0.15, 0.2) is 0 Å². The van der Waals surface area contributed by atoms with Crippen molar-refractivity contribution in [3.63, 3.8) is 0 Å². The first-order valence-corrected chi connectivity index (χ1v) is 9.72. The van der Waals surface area contributed by atoms with Crippen molar-refractivity contribution < 1.29 is 4.74 Å². The van der Waals surface area contributed by atoms with Gasteiger partial charge < -0.3 is 15.8 Å². The highest BCUT2D eigenvalue weighted by Crippen LogP contribution is 2.27. The van der Waals surface area contributed by atoms with Gasteiger partial charge in [-0.15, -0.1) is 0 Å². The lowest BCUT2D eigenvalue weighted by atomic mass is 9.84. The van der Waals surface area contributed by atoms with Crippen LogP contribution >= 0.6 is 15.9 Å². The van der Waals surface area contributed by atoms with Crippen LogP contribution < -0.4 is 11.1 Å². The summed E-state index contributed by atoms with van der Waals surface area (Å²) >= 11 is 3.47. The molecular formula is C19H31BrN2O. The minimum atomic E-state index is 0.113. The van der Waals surface area contributed by atoms with E-state index in [9.17, 15) is 0 Å². The Balaban J connectivity index is 1.66. The molecule has 0 heterocycles. The molecule has 1 fully saturated rings. The van der Waals surface area contributed by atoms with E-state index in [1.807, 2.05) is 0 Å². The van der Waals surface area contributed by atoms with Crippen LogP contribution in [-0.2, 0) is 11.2 Å². The monoisotopic (exact) mass is 382 g/mol. The molecular weight excluding hydrogens is 352 g/mol. The fourth-order valence-corrected chi connectivity index (χ4v) is 3.76. The lowest BCUT2D eigenvalue weighted by Gasteiger charge is -2.29. The van der Waals surface area contributed by atoms with Gasteiger partial charge in [0.05, 0.1) is 6.10 Å². The molecule has 3 N–H and O–H groups in total. The highest BCUT2D eigenvalue weighted by molar-refractivity contribution is 9.10. The fourth-order valence-electron chi connectivity index (χ4n) is 3.50. The Hall–Kier alpha value is -0.420. The van der Waals surface area contributed by atoms with E-state index in [-0.39, 0.29) is 12.1 Å². The molecule has 130 valence electrons. The van der Waals surface area contributed by atoms with E-state index < -0.39 is 0 Å². The van der Waals surface area contributed by atoms with E-state index in [2.05, 4.69) is 45.5 Å². The summed E-state index contributed by atoms with van der Waals surface area (Å²) in [6, 6.07) is 8.65. The van der Waals surface area contributed by atoms with E-state index in [4.69, 9.17) is 10.5 Å². The summed E-state index contributed by atoms with van der Waals surface area (Å²) in [6.07, 6.45) is 9.09. The van der Waals surface area contributed by atoms with Gasteiger partial charge in [-0.1, -0.05) is 60.2 Å². The number of nitrogens with two attached hydrogens (primary N) is 1. The Kier molecular flexibility index (Phi) is 8.59. The Morgan fingerprint density at radius 3 is 2.57 bits per heavy atom. The van der Waals surface area contributed by atoms with Crippen molar-refractivity contribution in [2.24, 2.45) is 11.7 Å². The van der Waals surface area contributed by atoms with Crippen molar-refractivity contribution in [1.29, 1.82) is 0 Å². The summed E-state index contributed by atoms with van der Waals surface area (Å²) in [5, 5.41) is 3.50. The van der Waals surface area contributed by atoms with E-state index in [1.54, 1.807) is 7.11 Å². The maximum atomic E-state index is 6.40. The van der Waals surface area contributed by atoms with Crippen LogP contribution in [0.4, 0.5) is 0 Å². The molecule has 1 unspecified atom stereocenters. The molecule has 2 rings (SSSR count). The summed E-state index contributed by atoms with van der Waals surface area (Å²) in [6.45, 7) is 1.79. The van der Waals surface area contributed by atoms with Crippen molar-refractivity contribution in [2.75, 3.05) is 20.2 Å². The van der Waals surface area contributed by atoms with Gasteiger partial charge in [-0.3, -0.25) is 0 Å². The quantitative estimate of drug-likeness (QED) is 0.636. The van der Waals surface area contributed by atoms with Gasteiger partial charge in [-0.05, 0) is 43.0 Å². The Labute approximate surface area is 149 Å². The molecule has 1 aliphatic carbocycles. The van der Waals surface area contributed by atoms with Gasteiger partial charge in [-0.2, -0.15) is 0 Å². The van der Waals surface area contributed by atoms with Crippen molar-refractivity contribution in [1.82, 2.24) is 5.32 Å². The second kappa shape index (κ2) is 10.4. The summed E-state index contributed by atoms with van der Waals surface area (Å²) < 4.78 is 6.76. The zero-order valence-corrected chi connectivity index (χ0v) is 15.9. The number of rotatable bonds is 9. The summed E-state index contributed by atoms with van der Waals surface area (Å²) in [7, 11) is 1.78. The normalized spacial score (nSPS) is 18.7. The van der Waals surface area contributed by atoms with Crippen molar-refractivity contribution in [3.05, 3.63) is 34.3 Å². The largest absolute Gasteiger partial charge is 0.379 e. The molecule has 0 spiro atoms.